The van der Waals surface area contributed by atoms with Crippen molar-refractivity contribution in [2.75, 3.05) is 13.1 Å². The number of nitrogens with one attached hydrogen (secondary N) is 1. The third-order valence-electron chi connectivity index (χ3n) is 6.36. The van der Waals surface area contributed by atoms with Gasteiger partial charge in [-0.3, -0.25) is 0 Å². The van der Waals surface area contributed by atoms with Gasteiger partial charge in [0.1, 0.15) is 0 Å². The summed E-state index contributed by atoms with van der Waals surface area (Å²) in [7, 11) is 0. The Balaban J connectivity index is 1.71. The van der Waals surface area contributed by atoms with E-state index < -0.39 is 0 Å². The topological polar surface area (TPSA) is 38.0 Å². The average Bonchev–Trinajstić information content (AvgIpc) is 2.53. The minimum Gasteiger partial charge on any atom is -0.330 e. The maximum atomic E-state index is 5.88. The van der Waals surface area contributed by atoms with Gasteiger partial charge < -0.3 is 11.1 Å². The van der Waals surface area contributed by atoms with Crippen LogP contribution in [0.2, 0.25) is 0 Å². The normalized spacial score (nSPS) is 35.9. The smallest absolute Gasteiger partial charge is 0.00672 e. The molecule has 2 aliphatic carbocycles. The molecule has 0 bridgehead atoms. The largest absolute Gasteiger partial charge is 0.330 e. The van der Waals surface area contributed by atoms with Crippen LogP contribution in [0.25, 0.3) is 0 Å². The molecule has 21 heavy (non-hydrogen) atoms. The Labute approximate surface area is 132 Å². The lowest BCUT2D eigenvalue weighted by Gasteiger charge is -2.36. The van der Waals surface area contributed by atoms with Gasteiger partial charge in [-0.1, -0.05) is 33.1 Å². The first kappa shape index (κ1) is 17.3. The number of hydrogen-bond donors (Lipinski definition) is 2. The van der Waals surface area contributed by atoms with Gasteiger partial charge in [-0.15, -0.1) is 0 Å². The molecule has 2 rings (SSSR count). The van der Waals surface area contributed by atoms with Crippen LogP contribution in [0, 0.1) is 29.6 Å². The Morgan fingerprint density at radius 2 is 1.52 bits per heavy atom. The molecule has 2 saturated carbocycles. The minimum atomic E-state index is 0.679. The van der Waals surface area contributed by atoms with E-state index >= 15 is 0 Å². The molecule has 2 nitrogen and oxygen atoms in total. The maximum absolute atomic E-state index is 5.88. The predicted molar refractivity (Wildman–Crippen MR) is 92.3 cm³/mol. The fourth-order valence-corrected chi connectivity index (χ4v) is 4.64. The van der Waals surface area contributed by atoms with Gasteiger partial charge in [0.2, 0.25) is 0 Å². The van der Waals surface area contributed by atoms with Crippen molar-refractivity contribution in [1.82, 2.24) is 5.32 Å². The third kappa shape index (κ3) is 5.25. The van der Waals surface area contributed by atoms with Gasteiger partial charge in [0, 0.05) is 6.04 Å². The zero-order chi connectivity index (χ0) is 15.2. The zero-order valence-corrected chi connectivity index (χ0v) is 14.6. The molecule has 124 valence electrons. The summed E-state index contributed by atoms with van der Waals surface area (Å²) in [6.45, 7) is 9.35. The first-order valence-electron chi connectivity index (χ1n) is 9.53. The van der Waals surface area contributed by atoms with E-state index in [1.165, 1.54) is 57.9 Å². The van der Waals surface area contributed by atoms with Gasteiger partial charge >= 0.3 is 0 Å². The maximum Gasteiger partial charge on any atom is 0.00672 e. The second-order valence-electron chi connectivity index (χ2n) is 8.26. The van der Waals surface area contributed by atoms with Crippen molar-refractivity contribution in [1.29, 1.82) is 0 Å². The highest BCUT2D eigenvalue weighted by atomic mass is 14.9. The molecule has 2 heteroatoms. The lowest BCUT2D eigenvalue weighted by atomic mass is 9.75. The zero-order valence-electron chi connectivity index (χ0n) is 14.6. The van der Waals surface area contributed by atoms with Crippen molar-refractivity contribution < 1.29 is 0 Å². The molecule has 0 aromatic heterocycles. The van der Waals surface area contributed by atoms with Crippen LogP contribution in [0.5, 0.6) is 0 Å². The molecular weight excluding hydrogens is 256 g/mol. The Morgan fingerprint density at radius 3 is 2.19 bits per heavy atom. The molecule has 0 heterocycles. The van der Waals surface area contributed by atoms with Crippen molar-refractivity contribution in [2.45, 2.75) is 78.2 Å². The summed E-state index contributed by atoms with van der Waals surface area (Å²) in [5.41, 5.74) is 5.88. The fourth-order valence-electron chi connectivity index (χ4n) is 4.64. The van der Waals surface area contributed by atoms with Crippen LogP contribution in [0.3, 0.4) is 0 Å². The molecule has 0 aromatic rings. The Hall–Kier alpha value is -0.0800. The van der Waals surface area contributed by atoms with Crippen molar-refractivity contribution in [3.05, 3.63) is 0 Å². The standard InChI is InChI=1S/C19H38N2/c1-14(2)18-8-5-7-17(11-18)13-21-15(3)19-9-4-6-16(10-19)12-20/h14-19,21H,4-13,20H2,1-3H3/t15?,16-,17?,18?,19+/m0/s1. The van der Waals surface area contributed by atoms with Gasteiger partial charge in [0.25, 0.3) is 0 Å². The van der Waals surface area contributed by atoms with Gasteiger partial charge in [-0.05, 0) is 81.7 Å². The van der Waals surface area contributed by atoms with Gasteiger partial charge in [-0.2, -0.15) is 0 Å². The second kappa shape index (κ2) is 8.53. The summed E-state index contributed by atoms with van der Waals surface area (Å²) in [5.74, 6) is 4.40. The molecule has 0 amide bonds. The molecule has 0 saturated heterocycles. The average molecular weight is 295 g/mol. The molecule has 2 aliphatic rings. The van der Waals surface area contributed by atoms with Crippen molar-refractivity contribution >= 4 is 0 Å². The highest BCUT2D eigenvalue weighted by Crippen LogP contribution is 2.34. The number of nitrogens with two attached hydrogens (primary N) is 1. The van der Waals surface area contributed by atoms with Crippen LogP contribution in [0.4, 0.5) is 0 Å². The quantitative estimate of drug-likeness (QED) is 0.771. The number of rotatable bonds is 6. The van der Waals surface area contributed by atoms with E-state index in [1.807, 2.05) is 0 Å². The molecule has 0 spiro atoms. The highest BCUT2D eigenvalue weighted by Gasteiger charge is 2.27. The molecule has 0 aromatic carbocycles. The summed E-state index contributed by atoms with van der Waals surface area (Å²) in [4.78, 5) is 0. The first-order chi connectivity index (χ1) is 10.1. The Kier molecular flexibility index (Phi) is 7.01. The molecule has 5 atom stereocenters. The SMILES string of the molecule is CC(C)C1CCCC(CNC(C)[C@@H]2CCC[C@H](CN)C2)C1. The predicted octanol–water partition coefficient (Wildman–Crippen LogP) is 4.19. The molecule has 3 N–H and O–H groups in total. The monoisotopic (exact) mass is 294 g/mol. The van der Waals surface area contributed by atoms with E-state index in [1.54, 1.807) is 0 Å². The van der Waals surface area contributed by atoms with Crippen LogP contribution >= 0.6 is 0 Å². The van der Waals surface area contributed by atoms with Crippen LogP contribution in [0.15, 0.2) is 0 Å². The van der Waals surface area contributed by atoms with Crippen LogP contribution in [0.1, 0.15) is 72.1 Å². The van der Waals surface area contributed by atoms with Crippen LogP contribution < -0.4 is 11.1 Å². The molecule has 2 fully saturated rings. The van der Waals surface area contributed by atoms with E-state index in [4.69, 9.17) is 5.73 Å². The van der Waals surface area contributed by atoms with E-state index in [-0.39, 0.29) is 0 Å². The summed E-state index contributed by atoms with van der Waals surface area (Å²) in [6, 6.07) is 0.679. The molecule has 0 radical (unpaired) electrons. The Morgan fingerprint density at radius 1 is 0.905 bits per heavy atom. The van der Waals surface area contributed by atoms with E-state index in [2.05, 4.69) is 26.1 Å². The summed E-state index contributed by atoms with van der Waals surface area (Å²) in [6.07, 6.45) is 11.3. The molecule has 3 unspecified atom stereocenters. The van der Waals surface area contributed by atoms with Crippen molar-refractivity contribution in [3.8, 4) is 0 Å². The van der Waals surface area contributed by atoms with E-state index in [0.717, 1.165) is 36.1 Å². The summed E-state index contributed by atoms with van der Waals surface area (Å²) >= 11 is 0. The minimum absolute atomic E-state index is 0.679. The lowest BCUT2D eigenvalue weighted by molar-refractivity contribution is 0.187. The van der Waals surface area contributed by atoms with Crippen LogP contribution in [-0.2, 0) is 0 Å². The van der Waals surface area contributed by atoms with Gasteiger partial charge in [0.05, 0.1) is 0 Å². The second-order valence-corrected chi connectivity index (χ2v) is 8.26. The fraction of sp³-hybridized carbons (Fsp3) is 1.00. The molecule has 0 aliphatic heterocycles. The van der Waals surface area contributed by atoms with Crippen molar-refractivity contribution in [3.63, 3.8) is 0 Å². The summed E-state index contributed by atoms with van der Waals surface area (Å²) < 4.78 is 0. The first-order valence-corrected chi connectivity index (χ1v) is 9.53. The lowest BCUT2D eigenvalue weighted by Crippen LogP contribution is -2.40. The van der Waals surface area contributed by atoms with Gasteiger partial charge in [0.15, 0.2) is 0 Å². The summed E-state index contributed by atoms with van der Waals surface area (Å²) in [5, 5.41) is 3.89. The van der Waals surface area contributed by atoms with Crippen LogP contribution in [-0.4, -0.2) is 19.1 Å². The Bertz CT molecular complexity index is 289. The third-order valence-corrected chi connectivity index (χ3v) is 6.36. The van der Waals surface area contributed by atoms with Crippen molar-refractivity contribution in [2.24, 2.45) is 35.3 Å². The van der Waals surface area contributed by atoms with Gasteiger partial charge in [-0.25, -0.2) is 0 Å². The van der Waals surface area contributed by atoms with E-state index in [0.29, 0.717) is 6.04 Å². The van der Waals surface area contributed by atoms with E-state index in [9.17, 15) is 0 Å². The molecular formula is C19H38N2. The highest BCUT2D eigenvalue weighted by molar-refractivity contribution is 4.82. The number of hydrogen-bond acceptors (Lipinski definition) is 2.